The second-order valence-corrected chi connectivity index (χ2v) is 18.2. The number of rotatable bonds is 12. The van der Waals surface area contributed by atoms with Crippen molar-refractivity contribution in [2.24, 2.45) is 35.5 Å². The van der Waals surface area contributed by atoms with Crippen LogP contribution in [0.15, 0.2) is 30.3 Å². The summed E-state index contributed by atoms with van der Waals surface area (Å²) >= 11 is 0. The number of carbonyl (C=O) groups excluding carboxylic acids is 2. The molecule has 1 aromatic carbocycles. The number of aliphatic hydroxyl groups is 2. The summed E-state index contributed by atoms with van der Waals surface area (Å²) in [5.41, 5.74) is -0.655. The fraction of sp³-hybridized carbons (Fsp3) is 0.814. The first-order valence-electron chi connectivity index (χ1n) is 20.9. The third-order valence-electron chi connectivity index (χ3n) is 14.2. The molecule has 5 heterocycles. The van der Waals surface area contributed by atoms with Gasteiger partial charge in [-0.15, -0.1) is 0 Å². The number of aliphatic carboxylic acids is 1. The zero-order valence-electron chi connectivity index (χ0n) is 35.7. The molecule has 5 aliphatic heterocycles. The molecule has 1 amide bonds. The number of amides is 1. The first-order chi connectivity index (χ1) is 26.4. The van der Waals surface area contributed by atoms with Gasteiger partial charge in [0, 0.05) is 55.3 Å². The molecule has 5 saturated heterocycles. The van der Waals surface area contributed by atoms with E-state index < -0.39 is 65.2 Å². The molecule has 6 rings (SSSR count). The maximum Gasteiger partial charge on any atom is 1.00 e. The van der Waals surface area contributed by atoms with Crippen molar-refractivity contribution in [3.63, 3.8) is 0 Å². The molecule has 0 bridgehead atoms. The molecule has 14 heteroatoms. The fourth-order valence-corrected chi connectivity index (χ4v) is 10.7. The van der Waals surface area contributed by atoms with Gasteiger partial charge in [-0.1, -0.05) is 66.7 Å². The average molecular weight is 812 g/mol. The van der Waals surface area contributed by atoms with Crippen LogP contribution in [0.3, 0.4) is 0 Å². The van der Waals surface area contributed by atoms with E-state index >= 15 is 0 Å². The van der Waals surface area contributed by atoms with E-state index in [1.54, 1.807) is 19.1 Å². The molecule has 13 nitrogen and oxygen atoms in total. The number of carbonyl (C=O) groups is 2. The van der Waals surface area contributed by atoms with E-state index in [9.17, 15) is 24.9 Å². The Morgan fingerprint density at radius 3 is 2.37 bits per heavy atom. The Bertz CT molecular complexity index is 1520. The normalized spacial score (nSPS) is 43.6. The molecule has 17 atom stereocenters. The van der Waals surface area contributed by atoms with Crippen molar-refractivity contribution in [2.75, 3.05) is 19.0 Å². The van der Waals surface area contributed by atoms with E-state index in [0.29, 0.717) is 31.4 Å². The molecule has 1 spiro atoms. The van der Waals surface area contributed by atoms with Crippen molar-refractivity contribution in [3.05, 3.63) is 30.3 Å². The van der Waals surface area contributed by atoms with Crippen LogP contribution in [0.1, 0.15) is 107 Å². The topological polar surface area (TPSA) is 174 Å². The Morgan fingerprint density at radius 1 is 1.02 bits per heavy atom. The second-order valence-electron chi connectivity index (χ2n) is 18.2. The SMILES string of the molecule is CC[C@@]1([C@@H]2O[C@@H]([C@H]3O[C@@](O)(COC(=O)Nc4ccccc4)[C@H](C)C[C@@H]3C)C[C@@H]2C)CC[C@H]([C@]2(C)CC[C@]3(C[C@H](O)[C@@H](C)[C@@H]([C@@H](C)[C@@H](OC)[C@H](C)C(=O)[O-])O3)O2)O1.[Na+]. The summed E-state index contributed by atoms with van der Waals surface area (Å²) in [7, 11) is 1.49. The van der Waals surface area contributed by atoms with E-state index in [4.69, 9.17) is 33.2 Å². The predicted molar refractivity (Wildman–Crippen MR) is 204 cm³/mol. The number of carboxylic acid groups (broad SMARTS) is 1. The molecule has 3 N–H and O–H groups in total. The second kappa shape index (κ2) is 18.3. The zero-order valence-corrected chi connectivity index (χ0v) is 37.7. The Balaban J connectivity index is 0.00000620. The number of methoxy groups -OCH3 is 1. The first kappa shape index (κ1) is 46.7. The number of nitrogens with one attached hydrogen (secondary N) is 1. The van der Waals surface area contributed by atoms with E-state index in [0.717, 1.165) is 25.7 Å². The summed E-state index contributed by atoms with van der Waals surface area (Å²) in [5, 5.41) is 37.5. The van der Waals surface area contributed by atoms with E-state index in [2.05, 4.69) is 33.0 Å². The number of carboxylic acids is 1. The van der Waals surface area contributed by atoms with Gasteiger partial charge in [-0.3, -0.25) is 5.32 Å². The van der Waals surface area contributed by atoms with Gasteiger partial charge in [0.05, 0.1) is 53.9 Å². The number of benzene rings is 1. The Kier molecular flexibility index (Phi) is 15.0. The molecular formula is C43H66NNaO12. The van der Waals surface area contributed by atoms with E-state index in [1.165, 1.54) is 7.11 Å². The third-order valence-corrected chi connectivity index (χ3v) is 14.2. The number of ether oxygens (including phenoxy) is 7. The molecule has 5 fully saturated rings. The van der Waals surface area contributed by atoms with Crippen molar-refractivity contribution in [1.82, 2.24) is 0 Å². The van der Waals surface area contributed by atoms with Gasteiger partial charge in [0.2, 0.25) is 5.79 Å². The van der Waals surface area contributed by atoms with Crippen molar-refractivity contribution in [2.45, 2.75) is 172 Å². The van der Waals surface area contributed by atoms with Crippen LogP contribution in [-0.4, -0.2) is 101 Å². The molecule has 0 saturated carbocycles. The van der Waals surface area contributed by atoms with Crippen LogP contribution in [-0.2, 0) is 38.0 Å². The largest absolute Gasteiger partial charge is 1.00 e. The molecule has 0 unspecified atom stereocenters. The van der Waals surface area contributed by atoms with Gasteiger partial charge in [-0.25, -0.2) is 4.79 Å². The molecule has 0 aliphatic carbocycles. The number of hydrogen-bond acceptors (Lipinski definition) is 12. The Hall–Kier alpha value is -1.36. The third kappa shape index (κ3) is 9.44. The molecule has 0 radical (unpaired) electrons. The van der Waals surface area contributed by atoms with Gasteiger partial charge >= 0.3 is 35.7 Å². The van der Waals surface area contributed by atoms with E-state index in [-0.39, 0.29) is 84.1 Å². The van der Waals surface area contributed by atoms with Crippen LogP contribution in [0.4, 0.5) is 10.5 Å². The zero-order chi connectivity index (χ0) is 40.8. The van der Waals surface area contributed by atoms with Gasteiger partial charge in [0.25, 0.3) is 0 Å². The minimum Gasteiger partial charge on any atom is -0.550 e. The summed E-state index contributed by atoms with van der Waals surface area (Å²) in [6, 6.07) is 9.01. The summed E-state index contributed by atoms with van der Waals surface area (Å²) in [6.45, 7) is 15.5. The minimum atomic E-state index is -1.67. The molecular weight excluding hydrogens is 745 g/mol. The van der Waals surface area contributed by atoms with E-state index in [1.807, 2.05) is 39.0 Å². The average Bonchev–Trinajstić information content (AvgIpc) is 3.87. The monoisotopic (exact) mass is 811 g/mol. The molecule has 1 aromatic rings. The smallest absolute Gasteiger partial charge is 0.550 e. The summed E-state index contributed by atoms with van der Waals surface area (Å²) in [4.78, 5) is 24.4. The fourth-order valence-electron chi connectivity index (χ4n) is 10.7. The van der Waals surface area contributed by atoms with Gasteiger partial charge in [0.15, 0.2) is 5.79 Å². The number of para-hydroxylation sites is 1. The van der Waals surface area contributed by atoms with Crippen LogP contribution in [0.2, 0.25) is 0 Å². The first-order valence-corrected chi connectivity index (χ1v) is 20.9. The summed E-state index contributed by atoms with van der Waals surface area (Å²) < 4.78 is 45.4. The van der Waals surface area contributed by atoms with Crippen molar-refractivity contribution < 1.29 is 87.6 Å². The Morgan fingerprint density at radius 2 is 1.72 bits per heavy atom. The number of hydrogen-bond donors (Lipinski definition) is 3. The molecule has 316 valence electrons. The van der Waals surface area contributed by atoms with Crippen LogP contribution in [0.5, 0.6) is 0 Å². The van der Waals surface area contributed by atoms with Gasteiger partial charge in [0.1, 0.15) is 6.61 Å². The molecule has 5 aliphatic rings. The molecule has 0 aromatic heterocycles. The van der Waals surface area contributed by atoms with Crippen molar-refractivity contribution in [1.29, 1.82) is 0 Å². The van der Waals surface area contributed by atoms with Gasteiger partial charge in [-0.2, -0.15) is 0 Å². The van der Waals surface area contributed by atoms with Crippen LogP contribution in [0.25, 0.3) is 0 Å². The van der Waals surface area contributed by atoms with Gasteiger partial charge < -0.3 is 53.3 Å². The minimum absolute atomic E-state index is 0. The van der Waals surface area contributed by atoms with Crippen LogP contribution >= 0.6 is 0 Å². The quantitative estimate of drug-likeness (QED) is 0.263. The van der Waals surface area contributed by atoms with Crippen molar-refractivity contribution >= 4 is 17.7 Å². The summed E-state index contributed by atoms with van der Waals surface area (Å²) in [5.74, 6) is -5.40. The standard InChI is InChI=1S/C43H67NO12.Na/c1-10-41(37-25(3)21-32(52-37)34-24(2)20-26(4)43(49,55-34)23-51-39(48)44-30-14-12-11-13-15-30)17-16-33(53-41)40(8)18-19-42(56-40)22-31(45)27(5)36(54-42)28(6)35(50-9)29(7)38(46)47;/h11-15,24-29,31-37,45,49H,10,16-23H2,1-9H3,(H,44,48)(H,46,47);/q;+1/p-1/t24-,25-,26+,27+,28-,29-,31-,32+,33+,34-,35+,36-,37+,40-,41-,42+,43-;/m0./s1. The Labute approximate surface area is 360 Å². The molecule has 57 heavy (non-hydrogen) atoms. The van der Waals surface area contributed by atoms with Crippen molar-refractivity contribution in [3.8, 4) is 0 Å². The van der Waals surface area contributed by atoms with Crippen LogP contribution in [0, 0.1) is 35.5 Å². The van der Waals surface area contributed by atoms with Gasteiger partial charge in [-0.05, 0) is 69.4 Å². The summed E-state index contributed by atoms with van der Waals surface area (Å²) in [6.07, 6.45) is 1.54. The maximum absolute atomic E-state index is 12.6. The predicted octanol–water partition coefficient (Wildman–Crippen LogP) is 2.20. The number of aliphatic hydroxyl groups excluding tert-OH is 1. The number of anilines is 1. The maximum atomic E-state index is 12.6. The van der Waals surface area contributed by atoms with Crippen LogP contribution < -0.4 is 40.0 Å².